The van der Waals surface area contributed by atoms with Gasteiger partial charge in [-0.05, 0) is 31.1 Å². The normalized spacial score (nSPS) is 26.8. The number of rotatable bonds is 0. The van der Waals surface area contributed by atoms with Crippen molar-refractivity contribution in [2.75, 3.05) is 0 Å². The van der Waals surface area contributed by atoms with E-state index in [1.807, 2.05) is 0 Å². The third-order valence-corrected chi connectivity index (χ3v) is 2.52. The Morgan fingerprint density at radius 3 is 2.20 bits per heavy atom. The molecule has 0 bridgehead atoms. The SMILES string of the molecule is CC1=CCCC1C(C)(C)C. The molecule has 0 spiro atoms. The highest BCUT2D eigenvalue weighted by molar-refractivity contribution is 5.12. The van der Waals surface area contributed by atoms with Crippen LogP contribution >= 0.6 is 0 Å². The van der Waals surface area contributed by atoms with E-state index in [1.165, 1.54) is 12.8 Å². The minimum absolute atomic E-state index is 0.483. The fraction of sp³-hybridized carbons (Fsp3) is 0.800. The van der Waals surface area contributed by atoms with Gasteiger partial charge in [-0.15, -0.1) is 0 Å². The highest BCUT2D eigenvalue weighted by Crippen LogP contribution is 2.39. The molecule has 0 aromatic carbocycles. The summed E-state index contributed by atoms with van der Waals surface area (Å²) in [4.78, 5) is 0. The molecular formula is C10H18. The van der Waals surface area contributed by atoms with Gasteiger partial charge in [0, 0.05) is 0 Å². The molecule has 0 heteroatoms. The smallest absolute Gasteiger partial charge is 0.0154 e. The average Bonchev–Trinajstić information content (AvgIpc) is 2.11. The molecule has 0 saturated carbocycles. The summed E-state index contributed by atoms with van der Waals surface area (Å²) in [6, 6.07) is 0. The predicted octanol–water partition coefficient (Wildman–Crippen LogP) is 3.39. The molecule has 0 saturated heterocycles. The van der Waals surface area contributed by atoms with Crippen molar-refractivity contribution in [2.45, 2.75) is 40.5 Å². The largest absolute Gasteiger partial charge is 0.0853 e. The first-order chi connectivity index (χ1) is 4.52. The quantitative estimate of drug-likeness (QED) is 0.450. The van der Waals surface area contributed by atoms with E-state index in [4.69, 9.17) is 0 Å². The van der Waals surface area contributed by atoms with E-state index in [2.05, 4.69) is 33.8 Å². The lowest BCUT2D eigenvalue weighted by molar-refractivity contribution is 0.278. The van der Waals surface area contributed by atoms with E-state index in [0.717, 1.165) is 5.92 Å². The van der Waals surface area contributed by atoms with E-state index < -0.39 is 0 Å². The van der Waals surface area contributed by atoms with Gasteiger partial charge < -0.3 is 0 Å². The van der Waals surface area contributed by atoms with Crippen molar-refractivity contribution in [3.8, 4) is 0 Å². The second-order valence-corrected chi connectivity index (χ2v) is 4.44. The van der Waals surface area contributed by atoms with Gasteiger partial charge in [0.15, 0.2) is 0 Å². The molecule has 1 aliphatic rings. The van der Waals surface area contributed by atoms with Crippen LogP contribution in [0.15, 0.2) is 11.6 Å². The van der Waals surface area contributed by atoms with Crippen LogP contribution in [-0.4, -0.2) is 0 Å². The predicted molar refractivity (Wildman–Crippen MR) is 45.9 cm³/mol. The standard InChI is InChI=1S/C10H18/c1-8-6-5-7-9(8)10(2,3)4/h6,9H,5,7H2,1-4H3. The van der Waals surface area contributed by atoms with Gasteiger partial charge in [-0.3, -0.25) is 0 Å². The van der Waals surface area contributed by atoms with Crippen LogP contribution in [0.4, 0.5) is 0 Å². The molecule has 0 aromatic rings. The molecule has 0 heterocycles. The maximum absolute atomic E-state index is 2.38. The third-order valence-electron chi connectivity index (χ3n) is 2.52. The van der Waals surface area contributed by atoms with Gasteiger partial charge in [-0.25, -0.2) is 0 Å². The van der Waals surface area contributed by atoms with Gasteiger partial charge in [0.1, 0.15) is 0 Å². The van der Waals surface area contributed by atoms with Crippen molar-refractivity contribution < 1.29 is 0 Å². The number of hydrogen-bond acceptors (Lipinski definition) is 0. The van der Waals surface area contributed by atoms with E-state index >= 15 is 0 Å². The maximum atomic E-state index is 2.38. The minimum Gasteiger partial charge on any atom is -0.0853 e. The van der Waals surface area contributed by atoms with Crippen molar-refractivity contribution in [2.24, 2.45) is 11.3 Å². The van der Waals surface area contributed by atoms with Crippen LogP contribution in [0.25, 0.3) is 0 Å². The van der Waals surface area contributed by atoms with Crippen LogP contribution in [0.2, 0.25) is 0 Å². The molecule has 58 valence electrons. The van der Waals surface area contributed by atoms with Gasteiger partial charge in [0.25, 0.3) is 0 Å². The lowest BCUT2D eigenvalue weighted by atomic mass is 9.77. The Kier molecular flexibility index (Phi) is 1.89. The first kappa shape index (κ1) is 7.84. The summed E-state index contributed by atoms with van der Waals surface area (Å²) in [5, 5.41) is 0. The molecule has 0 aliphatic heterocycles. The molecule has 0 amide bonds. The zero-order valence-electron chi connectivity index (χ0n) is 7.57. The first-order valence-electron chi connectivity index (χ1n) is 4.18. The van der Waals surface area contributed by atoms with Crippen LogP contribution in [0.3, 0.4) is 0 Å². The van der Waals surface area contributed by atoms with Crippen molar-refractivity contribution in [1.82, 2.24) is 0 Å². The van der Waals surface area contributed by atoms with Gasteiger partial charge >= 0.3 is 0 Å². The molecule has 0 fully saturated rings. The van der Waals surface area contributed by atoms with Crippen LogP contribution in [0.1, 0.15) is 40.5 Å². The fourth-order valence-corrected chi connectivity index (χ4v) is 1.96. The summed E-state index contributed by atoms with van der Waals surface area (Å²) in [6.45, 7) is 9.27. The van der Waals surface area contributed by atoms with E-state index in [0.29, 0.717) is 5.41 Å². The van der Waals surface area contributed by atoms with Gasteiger partial charge in [0.2, 0.25) is 0 Å². The molecule has 10 heavy (non-hydrogen) atoms. The number of allylic oxidation sites excluding steroid dienone is 2. The van der Waals surface area contributed by atoms with Gasteiger partial charge in [-0.1, -0.05) is 32.4 Å². The maximum Gasteiger partial charge on any atom is -0.0154 e. The van der Waals surface area contributed by atoms with E-state index in [1.54, 1.807) is 5.57 Å². The summed E-state index contributed by atoms with van der Waals surface area (Å²) < 4.78 is 0. The molecule has 1 aliphatic carbocycles. The topological polar surface area (TPSA) is 0 Å². The van der Waals surface area contributed by atoms with Crippen LogP contribution in [0.5, 0.6) is 0 Å². The minimum atomic E-state index is 0.483. The molecule has 0 radical (unpaired) electrons. The average molecular weight is 138 g/mol. The lowest BCUT2D eigenvalue weighted by Gasteiger charge is -2.28. The summed E-state index contributed by atoms with van der Waals surface area (Å²) in [7, 11) is 0. The molecule has 1 atom stereocenters. The summed E-state index contributed by atoms with van der Waals surface area (Å²) in [5.41, 5.74) is 2.09. The number of hydrogen-bond donors (Lipinski definition) is 0. The molecule has 0 aromatic heterocycles. The van der Waals surface area contributed by atoms with Crippen molar-refractivity contribution in [3.05, 3.63) is 11.6 Å². The third kappa shape index (κ3) is 1.42. The Balaban J connectivity index is 2.67. The van der Waals surface area contributed by atoms with E-state index in [-0.39, 0.29) is 0 Å². The zero-order valence-corrected chi connectivity index (χ0v) is 7.57. The Morgan fingerprint density at radius 2 is 2.00 bits per heavy atom. The highest BCUT2D eigenvalue weighted by Gasteiger charge is 2.27. The Labute approximate surface area is 64.3 Å². The molecule has 0 N–H and O–H groups in total. The molecule has 0 nitrogen and oxygen atoms in total. The van der Waals surface area contributed by atoms with Gasteiger partial charge in [0.05, 0.1) is 0 Å². The second-order valence-electron chi connectivity index (χ2n) is 4.44. The zero-order chi connectivity index (χ0) is 7.78. The lowest BCUT2D eigenvalue weighted by Crippen LogP contribution is -2.18. The van der Waals surface area contributed by atoms with Crippen molar-refractivity contribution >= 4 is 0 Å². The summed E-state index contributed by atoms with van der Waals surface area (Å²) in [6.07, 6.45) is 5.05. The Hall–Kier alpha value is -0.260. The first-order valence-corrected chi connectivity index (χ1v) is 4.18. The summed E-state index contributed by atoms with van der Waals surface area (Å²) in [5.74, 6) is 0.840. The monoisotopic (exact) mass is 138 g/mol. The van der Waals surface area contributed by atoms with Crippen molar-refractivity contribution in [3.63, 3.8) is 0 Å². The second kappa shape index (κ2) is 2.41. The Morgan fingerprint density at radius 1 is 1.40 bits per heavy atom. The van der Waals surface area contributed by atoms with Crippen LogP contribution < -0.4 is 0 Å². The molecule has 1 unspecified atom stereocenters. The Bertz CT molecular complexity index is 146. The van der Waals surface area contributed by atoms with E-state index in [9.17, 15) is 0 Å². The van der Waals surface area contributed by atoms with Crippen molar-refractivity contribution in [1.29, 1.82) is 0 Å². The molecule has 1 rings (SSSR count). The molecular weight excluding hydrogens is 120 g/mol. The van der Waals surface area contributed by atoms with Gasteiger partial charge in [-0.2, -0.15) is 0 Å². The highest BCUT2D eigenvalue weighted by atomic mass is 14.3. The fourth-order valence-electron chi connectivity index (χ4n) is 1.96. The summed E-state index contributed by atoms with van der Waals surface area (Å²) >= 11 is 0. The van der Waals surface area contributed by atoms with Crippen LogP contribution in [-0.2, 0) is 0 Å². The van der Waals surface area contributed by atoms with Crippen LogP contribution in [0, 0.1) is 11.3 Å².